The van der Waals surface area contributed by atoms with Crippen molar-refractivity contribution in [2.45, 2.75) is 20.4 Å². The third kappa shape index (κ3) is 1.73. The highest BCUT2D eigenvalue weighted by Crippen LogP contribution is 2.06. The molecule has 5 heteroatoms. The Balaban J connectivity index is 3.59. The molecule has 0 saturated heterocycles. The molecule has 1 aromatic rings. The maximum absolute atomic E-state index is 11.6. The van der Waals surface area contributed by atoms with E-state index in [1.54, 1.807) is 18.2 Å². The fourth-order valence-electron chi connectivity index (χ4n) is 1.25. The zero-order valence-corrected chi connectivity index (χ0v) is 9.00. The predicted molar refractivity (Wildman–Crippen MR) is 55.0 cm³/mol. The standard InChI is InChI=1S/C8H13N2O2P/c1-4-9-7(11)5-6(2)10(13-3)8(9)12/h5,13H,4H2,1-3H3. The van der Waals surface area contributed by atoms with E-state index in [9.17, 15) is 9.59 Å². The molecular formula is C8H13N2O2P. The van der Waals surface area contributed by atoms with Crippen molar-refractivity contribution < 1.29 is 0 Å². The lowest BCUT2D eigenvalue weighted by atomic mass is 10.4. The van der Waals surface area contributed by atoms with Crippen molar-refractivity contribution in [1.82, 2.24) is 8.90 Å². The SMILES string of the molecule is CCn1c(=O)cc(C)n(PC)c1=O. The van der Waals surface area contributed by atoms with Gasteiger partial charge in [-0.25, -0.2) is 4.79 Å². The Morgan fingerprint density at radius 3 is 2.54 bits per heavy atom. The van der Waals surface area contributed by atoms with E-state index in [1.165, 1.54) is 10.6 Å². The van der Waals surface area contributed by atoms with Crippen LogP contribution in [-0.2, 0) is 6.54 Å². The van der Waals surface area contributed by atoms with Crippen molar-refractivity contribution in [3.05, 3.63) is 32.6 Å². The highest BCUT2D eigenvalue weighted by atomic mass is 31.1. The zero-order chi connectivity index (χ0) is 10.0. The van der Waals surface area contributed by atoms with Crippen molar-refractivity contribution in [3.8, 4) is 0 Å². The van der Waals surface area contributed by atoms with Crippen LogP contribution in [0.15, 0.2) is 15.7 Å². The van der Waals surface area contributed by atoms with E-state index in [2.05, 4.69) is 0 Å². The van der Waals surface area contributed by atoms with Crippen LogP contribution in [0.3, 0.4) is 0 Å². The van der Waals surface area contributed by atoms with Gasteiger partial charge in [-0.3, -0.25) is 13.7 Å². The van der Waals surface area contributed by atoms with Crippen LogP contribution in [0.4, 0.5) is 0 Å². The molecule has 0 radical (unpaired) electrons. The Morgan fingerprint density at radius 2 is 2.08 bits per heavy atom. The topological polar surface area (TPSA) is 44.0 Å². The van der Waals surface area contributed by atoms with Gasteiger partial charge in [0.05, 0.1) is 0 Å². The summed E-state index contributed by atoms with van der Waals surface area (Å²) in [7, 11) is 0.368. The number of hydrogen-bond donors (Lipinski definition) is 0. The van der Waals surface area contributed by atoms with Gasteiger partial charge in [-0.1, -0.05) is 0 Å². The minimum atomic E-state index is -0.209. The molecule has 1 rings (SSSR count). The van der Waals surface area contributed by atoms with E-state index in [0.717, 1.165) is 5.69 Å². The van der Waals surface area contributed by atoms with Crippen LogP contribution in [-0.4, -0.2) is 15.6 Å². The van der Waals surface area contributed by atoms with Gasteiger partial charge >= 0.3 is 5.69 Å². The summed E-state index contributed by atoms with van der Waals surface area (Å²) < 4.78 is 2.86. The predicted octanol–water partition coefficient (Wildman–Crippen LogP) is 0.410. The molecule has 1 unspecified atom stereocenters. The average molecular weight is 200 g/mol. The number of hydrogen-bond acceptors (Lipinski definition) is 2. The van der Waals surface area contributed by atoms with Gasteiger partial charge in [0.2, 0.25) is 0 Å². The van der Waals surface area contributed by atoms with Crippen LogP contribution < -0.4 is 11.2 Å². The van der Waals surface area contributed by atoms with Crippen molar-refractivity contribution in [1.29, 1.82) is 0 Å². The molecule has 72 valence electrons. The molecule has 1 atom stereocenters. The van der Waals surface area contributed by atoms with E-state index in [0.29, 0.717) is 15.3 Å². The Bertz CT molecular complexity index is 419. The summed E-state index contributed by atoms with van der Waals surface area (Å²) >= 11 is 0. The van der Waals surface area contributed by atoms with Crippen LogP contribution in [0, 0.1) is 6.92 Å². The molecule has 13 heavy (non-hydrogen) atoms. The van der Waals surface area contributed by atoms with Crippen molar-refractivity contribution in [2.75, 3.05) is 6.66 Å². The second-order valence-electron chi connectivity index (χ2n) is 2.71. The van der Waals surface area contributed by atoms with E-state index in [-0.39, 0.29) is 11.2 Å². The minimum absolute atomic E-state index is 0.201. The summed E-state index contributed by atoms with van der Waals surface area (Å²) in [5, 5.41) is 0. The highest BCUT2D eigenvalue weighted by molar-refractivity contribution is 7.35. The number of nitrogens with zero attached hydrogens (tertiary/aromatic N) is 2. The molecule has 0 aromatic carbocycles. The fourth-order valence-corrected chi connectivity index (χ4v) is 1.98. The molecule has 4 nitrogen and oxygen atoms in total. The molecule has 0 aliphatic heterocycles. The average Bonchev–Trinajstić information content (AvgIpc) is 2.04. The first-order chi connectivity index (χ1) is 6.11. The number of aryl methyl sites for hydroxylation is 1. The molecule has 0 fully saturated rings. The van der Waals surface area contributed by atoms with Crippen molar-refractivity contribution >= 4 is 8.73 Å². The number of rotatable bonds is 2. The maximum atomic E-state index is 11.6. The second-order valence-corrected chi connectivity index (χ2v) is 3.60. The van der Waals surface area contributed by atoms with Gasteiger partial charge in [0.1, 0.15) is 0 Å². The first-order valence-electron chi connectivity index (χ1n) is 4.13. The molecule has 0 spiro atoms. The van der Waals surface area contributed by atoms with Crippen LogP contribution in [0.5, 0.6) is 0 Å². The lowest BCUT2D eigenvalue weighted by Crippen LogP contribution is -2.37. The van der Waals surface area contributed by atoms with Crippen LogP contribution in [0.25, 0.3) is 0 Å². The first kappa shape index (κ1) is 10.2. The van der Waals surface area contributed by atoms with Gasteiger partial charge in [-0.2, -0.15) is 0 Å². The van der Waals surface area contributed by atoms with E-state index >= 15 is 0 Å². The highest BCUT2D eigenvalue weighted by Gasteiger charge is 2.04. The molecule has 0 aliphatic carbocycles. The molecule has 0 N–H and O–H groups in total. The minimum Gasteiger partial charge on any atom is -0.280 e. The zero-order valence-electron chi connectivity index (χ0n) is 8.00. The van der Waals surface area contributed by atoms with Gasteiger partial charge in [0.15, 0.2) is 0 Å². The van der Waals surface area contributed by atoms with E-state index < -0.39 is 0 Å². The Morgan fingerprint density at radius 1 is 1.46 bits per heavy atom. The molecule has 0 aliphatic rings. The van der Waals surface area contributed by atoms with Crippen molar-refractivity contribution in [2.24, 2.45) is 0 Å². The van der Waals surface area contributed by atoms with Gasteiger partial charge < -0.3 is 0 Å². The molecule has 1 aromatic heterocycles. The summed E-state index contributed by atoms with van der Waals surface area (Å²) in [4.78, 5) is 22.9. The van der Waals surface area contributed by atoms with Gasteiger partial charge in [-0.05, 0) is 29.2 Å². The molecule has 0 amide bonds. The summed E-state index contributed by atoms with van der Waals surface area (Å²) in [6.45, 7) is 5.92. The van der Waals surface area contributed by atoms with Crippen molar-refractivity contribution in [3.63, 3.8) is 0 Å². The lowest BCUT2D eigenvalue weighted by molar-refractivity contribution is 0.656. The van der Waals surface area contributed by atoms with Gasteiger partial charge in [0.25, 0.3) is 5.56 Å². The maximum Gasteiger partial charge on any atom is 0.334 e. The summed E-state index contributed by atoms with van der Waals surface area (Å²) in [5.41, 5.74) is 0.327. The summed E-state index contributed by atoms with van der Waals surface area (Å²) in [6.07, 6.45) is 0. The summed E-state index contributed by atoms with van der Waals surface area (Å²) in [6, 6.07) is 1.50. The molecule has 0 saturated carbocycles. The quantitative estimate of drug-likeness (QED) is 0.649. The first-order valence-corrected chi connectivity index (χ1v) is 5.57. The fraction of sp³-hybridized carbons (Fsp3) is 0.500. The largest absolute Gasteiger partial charge is 0.334 e. The van der Waals surface area contributed by atoms with E-state index in [4.69, 9.17) is 0 Å². The summed E-state index contributed by atoms with van der Waals surface area (Å²) in [5.74, 6) is 0. The third-order valence-electron chi connectivity index (χ3n) is 1.91. The second kappa shape index (κ2) is 3.88. The molecular weight excluding hydrogens is 187 g/mol. The lowest BCUT2D eigenvalue weighted by Gasteiger charge is -2.08. The van der Waals surface area contributed by atoms with Crippen LogP contribution in [0.2, 0.25) is 0 Å². The molecule has 1 heterocycles. The normalized spacial score (nSPS) is 11.3. The Hall–Kier alpha value is -0.890. The van der Waals surface area contributed by atoms with E-state index in [1.807, 2.05) is 6.66 Å². The Labute approximate surface area is 78.0 Å². The smallest absolute Gasteiger partial charge is 0.280 e. The van der Waals surface area contributed by atoms with Gasteiger partial charge in [0, 0.05) is 18.3 Å². The number of aromatic nitrogens is 2. The Kier molecular flexibility index (Phi) is 3.04. The molecule has 0 bridgehead atoms. The van der Waals surface area contributed by atoms with Crippen LogP contribution in [0.1, 0.15) is 12.6 Å². The third-order valence-corrected chi connectivity index (χ3v) is 2.90. The monoisotopic (exact) mass is 200 g/mol. The van der Waals surface area contributed by atoms with Crippen LogP contribution >= 0.6 is 8.73 Å². The van der Waals surface area contributed by atoms with Gasteiger partial charge in [-0.15, -0.1) is 0 Å².